The van der Waals surface area contributed by atoms with Gasteiger partial charge in [0.1, 0.15) is 30.2 Å². The summed E-state index contributed by atoms with van der Waals surface area (Å²) < 4.78 is 12.6. The molecule has 10 heteroatoms. The molecule has 3 rings (SSSR count). The van der Waals surface area contributed by atoms with E-state index in [1.807, 2.05) is 6.26 Å². The van der Waals surface area contributed by atoms with Crippen molar-refractivity contribution in [2.24, 2.45) is 0 Å². The maximum atomic E-state index is 10.2. The minimum Gasteiger partial charge on any atom is -0.387 e. The molecule has 0 amide bonds. The number of nitrogens with zero attached hydrogens (tertiary/aromatic N) is 4. The van der Waals surface area contributed by atoms with Crippen molar-refractivity contribution in [3.8, 4) is 0 Å². The molecule has 0 radical (unpaired) electrons. The van der Waals surface area contributed by atoms with Crippen molar-refractivity contribution in [3.05, 3.63) is 12.7 Å². The van der Waals surface area contributed by atoms with Crippen LogP contribution in [0.1, 0.15) is 6.23 Å². The molecule has 3 heterocycles. The lowest BCUT2D eigenvalue weighted by Gasteiger charge is -2.16. The summed E-state index contributed by atoms with van der Waals surface area (Å²) in [6.07, 6.45) is 1.08. The van der Waals surface area contributed by atoms with E-state index in [0.29, 0.717) is 17.1 Å². The molecule has 2 aromatic rings. The fourth-order valence-corrected chi connectivity index (χ4v) is 2.66. The third kappa shape index (κ3) is 2.63. The summed E-state index contributed by atoms with van der Waals surface area (Å²) in [6.45, 7) is 0.194. The summed E-state index contributed by atoms with van der Waals surface area (Å²) in [5.74, 6) is 0.738. The van der Waals surface area contributed by atoms with Gasteiger partial charge in [0.15, 0.2) is 17.7 Å². The van der Waals surface area contributed by atoms with Crippen molar-refractivity contribution in [2.75, 3.05) is 24.5 Å². The van der Waals surface area contributed by atoms with Gasteiger partial charge in [-0.3, -0.25) is 4.57 Å². The minimum absolute atomic E-state index is 0.194. The van der Waals surface area contributed by atoms with Crippen LogP contribution in [0.15, 0.2) is 12.7 Å². The number of aromatic nitrogens is 4. The van der Waals surface area contributed by atoms with Gasteiger partial charge < -0.3 is 25.4 Å². The number of nitrogen functional groups attached to an aromatic ring is 1. The van der Waals surface area contributed by atoms with Crippen LogP contribution in [0, 0.1) is 0 Å². The van der Waals surface area contributed by atoms with Gasteiger partial charge in [-0.2, -0.15) is 0 Å². The van der Waals surface area contributed by atoms with E-state index in [4.69, 9.17) is 15.2 Å². The zero-order chi connectivity index (χ0) is 15.7. The second-order valence-corrected chi connectivity index (χ2v) is 5.72. The minimum atomic E-state index is -1.11. The average molecular weight is 327 g/mol. The van der Waals surface area contributed by atoms with Gasteiger partial charge in [-0.25, -0.2) is 15.0 Å². The summed E-state index contributed by atoms with van der Waals surface area (Å²) in [5, 5.41) is 20.3. The third-order valence-electron chi connectivity index (χ3n) is 3.48. The average Bonchev–Trinajstić information content (AvgIpc) is 3.05. The highest BCUT2D eigenvalue weighted by Crippen LogP contribution is 2.32. The SMILES string of the molecule is CSCOC[C@H]1O[C@@H](n2cnc3c(N)ncnc32)C(O)C1O. The van der Waals surface area contributed by atoms with Crippen LogP contribution in [0.25, 0.3) is 11.2 Å². The molecule has 1 fully saturated rings. The van der Waals surface area contributed by atoms with Crippen LogP contribution in [0.2, 0.25) is 0 Å². The molecule has 0 aliphatic carbocycles. The summed E-state index contributed by atoms with van der Waals surface area (Å²) in [4.78, 5) is 12.1. The first-order valence-electron chi connectivity index (χ1n) is 6.64. The zero-order valence-electron chi connectivity index (χ0n) is 11.9. The number of rotatable bonds is 5. The Morgan fingerprint density at radius 3 is 2.95 bits per heavy atom. The fourth-order valence-electron chi connectivity index (χ4n) is 2.40. The summed E-state index contributed by atoms with van der Waals surface area (Å²) in [7, 11) is 0. The number of thioether (sulfide) groups is 1. The van der Waals surface area contributed by atoms with E-state index in [2.05, 4.69) is 15.0 Å². The molecule has 9 nitrogen and oxygen atoms in total. The summed E-state index contributed by atoms with van der Waals surface area (Å²) in [5.41, 5.74) is 6.60. The Balaban J connectivity index is 1.83. The molecular weight excluding hydrogens is 310 g/mol. The van der Waals surface area contributed by atoms with E-state index >= 15 is 0 Å². The lowest BCUT2D eigenvalue weighted by Crippen LogP contribution is -2.33. The first kappa shape index (κ1) is 15.4. The Morgan fingerprint density at radius 2 is 2.18 bits per heavy atom. The van der Waals surface area contributed by atoms with Crippen molar-refractivity contribution in [1.82, 2.24) is 19.5 Å². The number of anilines is 1. The first-order valence-corrected chi connectivity index (χ1v) is 8.04. The quantitative estimate of drug-likeness (QED) is 0.485. The van der Waals surface area contributed by atoms with E-state index in [0.717, 1.165) is 0 Å². The maximum Gasteiger partial charge on any atom is 0.167 e. The van der Waals surface area contributed by atoms with Crippen LogP contribution in [0.4, 0.5) is 5.82 Å². The monoisotopic (exact) mass is 327 g/mol. The molecule has 2 aromatic heterocycles. The Labute approximate surface area is 130 Å². The van der Waals surface area contributed by atoms with Crippen LogP contribution in [0.5, 0.6) is 0 Å². The van der Waals surface area contributed by atoms with Gasteiger partial charge in [-0.15, -0.1) is 11.8 Å². The number of nitrogens with two attached hydrogens (primary N) is 1. The van der Waals surface area contributed by atoms with Gasteiger partial charge in [0.05, 0.1) is 18.9 Å². The maximum absolute atomic E-state index is 10.2. The summed E-state index contributed by atoms with van der Waals surface area (Å²) in [6, 6.07) is 0. The van der Waals surface area contributed by atoms with E-state index in [9.17, 15) is 10.2 Å². The Hall–Kier alpha value is -1.46. The van der Waals surface area contributed by atoms with Crippen molar-refractivity contribution in [1.29, 1.82) is 0 Å². The molecule has 0 saturated carbocycles. The summed E-state index contributed by atoms with van der Waals surface area (Å²) >= 11 is 1.52. The van der Waals surface area contributed by atoms with Gasteiger partial charge in [0, 0.05) is 0 Å². The number of hydrogen-bond acceptors (Lipinski definition) is 9. The number of imidazole rings is 1. The third-order valence-corrected chi connectivity index (χ3v) is 3.88. The van der Waals surface area contributed by atoms with E-state index < -0.39 is 24.5 Å². The molecule has 4 N–H and O–H groups in total. The number of ether oxygens (including phenoxy) is 2. The van der Waals surface area contributed by atoms with Crippen LogP contribution in [-0.2, 0) is 9.47 Å². The number of aliphatic hydroxyl groups excluding tert-OH is 2. The molecular formula is C12H17N5O4S. The van der Waals surface area contributed by atoms with Crippen LogP contribution >= 0.6 is 11.8 Å². The van der Waals surface area contributed by atoms with Gasteiger partial charge in [-0.05, 0) is 6.26 Å². The van der Waals surface area contributed by atoms with Gasteiger partial charge in [-0.1, -0.05) is 0 Å². The van der Waals surface area contributed by atoms with Crippen LogP contribution in [-0.4, -0.2) is 66.8 Å². The molecule has 1 saturated heterocycles. The largest absolute Gasteiger partial charge is 0.387 e. The smallest absolute Gasteiger partial charge is 0.167 e. The highest BCUT2D eigenvalue weighted by atomic mass is 32.2. The predicted octanol–water partition coefficient (Wildman–Crippen LogP) is -0.635. The normalized spacial score (nSPS) is 28.5. The number of hydrogen-bond donors (Lipinski definition) is 3. The molecule has 2 unspecified atom stereocenters. The lowest BCUT2D eigenvalue weighted by molar-refractivity contribution is -0.0597. The van der Waals surface area contributed by atoms with Crippen molar-refractivity contribution < 1.29 is 19.7 Å². The lowest BCUT2D eigenvalue weighted by atomic mass is 10.1. The molecule has 0 aromatic carbocycles. The van der Waals surface area contributed by atoms with Crippen molar-refractivity contribution in [3.63, 3.8) is 0 Å². The van der Waals surface area contributed by atoms with Crippen molar-refractivity contribution >= 4 is 28.7 Å². The van der Waals surface area contributed by atoms with Gasteiger partial charge >= 0.3 is 0 Å². The second kappa shape index (κ2) is 6.34. The van der Waals surface area contributed by atoms with E-state index in [1.165, 1.54) is 29.0 Å². The Morgan fingerprint density at radius 1 is 1.36 bits per heavy atom. The topological polar surface area (TPSA) is 129 Å². The Bertz CT molecular complexity index is 653. The van der Waals surface area contributed by atoms with Crippen molar-refractivity contribution in [2.45, 2.75) is 24.5 Å². The van der Waals surface area contributed by atoms with Crippen LogP contribution in [0.3, 0.4) is 0 Å². The molecule has 0 spiro atoms. The number of fused-ring (bicyclic) bond motifs is 1. The molecule has 0 bridgehead atoms. The highest BCUT2D eigenvalue weighted by molar-refractivity contribution is 7.98. The molecule has 1 aliphatic heterocycles. The standard InChI is InChI=1S/C12H17N5O4S/c1-22-5-20-2-6-8(18)9(19)12(21-6)17-4-16-7-10(13)14-3-15-11(7)17/h3-4,6,8-9,12,18-19H,2,5H2,1H3,(H2,13,14,15)/t6-,8?,9?,12-/m1/s1. The van der Waals surface area contributed by atoms with E-state index in [-0.39, 0.29) is 12.4 Å². The van der Waals surface area contributed by atoms with Gasteiger partial charge in [0.2, 0.25) is 0 Å². The molecule has 1 aliphatic rings. The second-order valence-electron chi connectivity index (χ2n) is 4.91. The van der Waals surface area contributed by atoms with Crippen LogP contribution < -0.4 is 5.73 Å². The molecule has 22 heavy (non-hydrogen) atoms. The molecule has 120 valence electrons. The predicted molar refractivity (Wildman–Crippen MR) is 80.0 cm³/mol. The highest BCUT2D eigenvalue weighted by Gasteiger charge is 2.44. The zero-order valence-corrected chi connectivity index (χ0v) is 12.7. The Kier molecular flexibility index (Phi) is 4.45. The first-order chi connectivity index (χ1) is 10.6. The fraction of sp³-hybridized carbons (Fsp3) is 0.583. The number of aliphatic hydroxyl groups is 2. The van der Waals surface area contributed by atoms with E-state index in [1.54, 1.807) is 0 Å². The van der Waals surface area contributed by atoms with Gasteiger partial charge in [0.25, 0.3) is 0 Å². The molecule has 4 atom stereocenters.